The van der Waals surface area contributed by atoms with Gasteiger partial charge in [0.2, 0.25) is 0 Å². The average Bonchev–Trinajstić information content (AvgIpc) is 2.85. The number of aliphatic hydroxyl groups excluding tert-OH is 1. The molecule has 0 bridgehead atoms. The van der Waals surface area contributed by atoms with Crippen molar-refractivity contribution in [1.82, 2.24) is 0 Å². The maximum absolute atomic E-state index is 12.9. The SMILES string of the molecule is N#Cc1ccc(N2CCCC2CO)cc1C(F)(F)F. The van der Waals surface area contributed by atoms with Crippen molar-refractivity contribution in [1.29, 1.82) is 5.26 Å². The Hall–Kier alpha value is -1.74. The van der Waals surface area contributed by atoms with Crippen LogP contribution < -0.4 is 4.90 Å². The third-order valence-corrected chi connectivity index (χ3v) is 3.35. The predicted molar refractivity (Wildman–Crippen MR) is 63.6 cm³/mol. The molecule has 1 saturated heterocycles. The fourth-order valence-electron chi connectivity index (χ4n) is 2.41. The van der Waals surface area contributed by atoms with Gasteiger partial charge in [-0.25, -0.2) is 0 Å². The molecule has 1 heterocycles. The fourth-order valence-corrected chi connectivity index (χ4v) is 2.41. The van der Waals surface area contributed by atoms with Crippen molar-refractivity contribution in [3.8, 4) is 6.07 Å². The summed E-state index contributed by atoms with van der Waals surface area (Å²) in [5.41, 5.74) is -0.894. The third-order valence-electron chi connectivity index (χ3n) is 3.35. The Balaban J connectivity index is 2.41. The van der Waals surface area contributed by atoms with Crippen LogP contribution in [0.5, 0.6) is 0 Å². The quantitative estimate of drug-likeness (QED) is 0.898. The number of aliphatic hydroxyl groups is 1. The fraction of sp³-hybridized carbons (Fsp3) is 0.462. The van der Waals surface area contributed by atoms with Gasteiger partial charge in [-0.15, -0.1) is 0 Å². The highest BCUT2D eigenvalue weighted by Gasteiger charge is 2.35. The monoisotopic (exact) mass is 270 g/mol. The molecule has 0 amide bonds. The van der Waals surface area contributed by atoms with Gasteiger partial charge in [-0.05, 0) is 31.0 Å². The van der Waals surface area contributed by atoms with E-state index in [1.54, 1.807) is 11.0 Å². The first-order valence-corrected chi connectivity index (χ1v) is 5.96. The summed E-state index contributed by atoms with van der Waals surface area (Å²) in [6, 6.07) is 5.09. The van der Waals surface area contributed by atoms with E-state index in [4.69, 9.17) is 5.26 Å². The number of nitriles is 1. The second kappa shape index (κ2) is 5.10. The number of hydrogen-bond donors (Lipinski definition) is 1. The molecule has 3 nitrogen and oxygen atoms in total. The minimum absolute atomic E-state index is 0.0820. The van der Waals surface area contributed by atoms with E-state index in [-0.39, 0.29) is 18.2 Å². The standard InChI is InChI=1S/C13H13F3N2O/c14-13(15,16)12-6-10(4-3-9(12)7-17)18-5-1-2-11(18)8-19/h3-4,6,11,19H,1-2,5,8H2. The molecular formula is C13H13F3N2O. The normalized spacial score (nSPS) is 19.5. The number of alkyl halides is 3. The van der Waals surface area contributed by atoms with Gasteiger partial charge >= 0.3 is 6.18 Å². The van der Waals surface area contributed by atoms with Crippen LogP contribution in [-0.4, -0.2) is 24.3 Å². The van der Waals surface area contributed by atoms with E-state index in [1.165, 1.54) is 12.1 Å². The molecule has 1 atom stereocenters. The Bertz CT molecular complexity index is 508. The van der Waals surface area contributed by atoms with Crippen LogP contribution in [0, 0.1) is 11.3 Å². The minimum Gasteiger partial charge on any atom is -0.394 e. The molecule has 1 aliphatic heterocycles. The molecule has 0 saturated carbocycles. The van der Waals surface area contributed by atoms with E-state index >= 15 is 0 Å². The molecule has 6 heteroatoms. The lowest BCUT2D eigenvalue weighted by Crippen LogP contribution is -2.32. The zero-order chi connectivity index (χ0) is 14.0. The van der Waals surface area contributed by atoms with Gasteiger partial charge < -0.3 is 10.0 Å². The van der Waals surface area contributed by atoms with E-state index in [9.17, 15) is 18.3 Å². The summed E-state index contributed by atoms with van der Waals surface area (Å²) >= 11 is 0. The number of anilines is 1. The Morgan fingerprint density at radius 3 is 2.74 bits per heavy atom. The lowest BCUT2D eigenvalue weighted by molar-refractivity contribution is -0.137. The van der Waals surface area contributed by atoms with Gasteiger partial charge in [0.25, 0.3) is 0 Å². The molecule has 0 aliphatic carbocycles. The van der Waals surface area contributed by atoms with Gasteiger partial charge in [0.1, 0.15) is 0 Å². The molecule has 1 unspecified atom stereocenters. The molecule has 1 aromatic carbocycles. The summed E-state index contributed by atoms with van der Waals surface area (Å²) in [5.74, 6) is 0. The predicted octanol–water partition coefficient (Wildman–Crippen LogP) is 2.54. The Kier molecular flexibility index (Phi) is 3.67. The topological polar surface area (TPSA) is 47.3 Å². The van der Waals surface area contributed by atoms with Crippen LogP contribution in [-0.2, 0) is 6.18 Å². The molecule has 0 radical (unpaired) electrons. The largest absolute Gasteiger partial charge is 0.417 e. The van der Waals surface area contributed by atoms with E-state index in [0.717, 1.165) is 18.9 Å². The van der Waals surface area contributed by atoms with Crippen LogP contribution in [0.4, 0.5) is 18.9 Å². The lowest BCUT2D eigenvalue weighted by Gasteiger charge is -2.26. The number of benzene rings is 1. The van der Waals surface area contributed by atoms with Gasteiger partial charge in [-0.3, -0.25) is 0 Å². The number of hydrogen-bond acceptors (Lipinski definition) is 3. The first kappa shape index (κ1) is 13.7. The van der Waals surface area contributed by atoms with E-state index in [1.807, 2.05) is 0 Å². The Morgan fingerprint density at radius 1 is 1.42 bits per heavy atom. The summed E-state index contributed by atoms with van der Waals surface area (Å²) < 4.78 is 38.6. The molecule has 19 heavy (non-hydrogen) atoms. The van der Waals surface area contributed by atoms with Gasteiger partial charge in [-0.1, -0.05) is 0 Å². The first-order chi connectivity index (χ1) is 8.97. The summed E-state index contributed by atoms with van der Waals surface area (Å²) in [4.78, 5) is 1.76. The smallest absolute Gasteiger partial charge is 0.394 e. The van der Waals surface area contributed by atoms with Crippen LogP contribution in [0.2, 0.25) is 0 Å². The summed E-state index contributed by atoms with van der Waals surface area (Å²) in [5, 5.41) is 17.9. The minimum atomic E-state index is -4.55. The Morgan fingerprint density at radius 2 is 2.16 bits per heavy atom. The maximum Gasteiger partial charge on any atom is 0.417 e. The van der Waals surface area contributed by atoms with Crippen molar-refractivity contribution in [2.24, 2.45) is 0 Å². The molecular weight excluding hydrogens is 257 g/mol. The number of rotatable bonds is 2. The maximum atomic E-state index is 12.9. The summed E-state index contributed by atoms with van der Waals surface area (Å²) in [6.07, 6.45) is -2.94. The van der Waals surface area contributed by atoms with Gasteiger partial charge in [0.15, 0.2) is 0 Å². The van der Waals surface area contributed by atoms with Crippen molar-refractivity contribution in [2.45, 2.75) is 25.1 Å². The zero-order valence-electron chi connectivity index (χ0n) is 10.1. The highest BCUT2D eigenvalue weighted by molar-refractivity contribution is 5.56. The molecule has 0 spiro atoms. The molecule has 1 N–H and O–H groups in total. The molecule has 0 aromatic heterocycles. The van der Waals surface area contributed by atoms with E-state index in [0.29, 0.717) is 12.2 Å². The van der Waals surface area contributed by atoms with Crippen molar-refractivity contribution in [2.75, 3.05) is 18.1 Å². The summed E-state index contributed by atoms with van der Waals surface area (Å²) in [6.45, 7) is 0.537. The van der Waals surface area contributed by atoms with Crippen LogP contribution in [0.25, 0.3) is 0 Å². The van der Waals surface area contributed by atoms with Crippen molar-refractivity contribution >= 4 is 5.69 Å². The molecule has 2 rings (SSSR count). The van der Waals surface area contributed by atoms with Gasteiger partial charge in [-0.2, -0.15) is 18.4 Å². The highest BCUT2D eigenvalue weighted by Crippen LogP contribution is 2.35. The highest BCUT2D eigenvalue weighted by atomic mass is 19.4. The van der Waals surface area contributed by atoms with E-state index in [2.05, 4.69) is 0 Å². The second-order valence-corrected chi connectivity index (χ2v) is 4.51. The van der Waals surface area contributed by atoms with Crippen LogP contribution in [0.3, 0.4) is 0 Å². The third kappa shape index (κ3) is 2.66. The Labute approximate surface area is 108 Å². The molecule has 1 fully saturated rings. The van der Waals surface area contributed by atoms with E-state index < -0.39 is 11.7 Å². The van der Waals surface area contributed by atoms with Crippen LogP contribution >= 0.6 is 0 Å². The second-order valence-electron chi connectivity index (χ2n) is 4.51. The van der Waals surface area contributed by atoms with Crippen LogP contribution in [0.1, 0.15) is 24.0 Å². The summed E-state index contributed by atoms with van der Waals surface area (Å²) in [7, 11) is 0. The zero-order valence-corrected chi connectivity index (χ0v) is 10.1. The van der Waals surface area contributed by atoms with Crippen LogP contribution in [0.15, 0.2) is 18.2 Å². The van der Waals surface area contributed by atoms with Crippen molar-refractivity contribution < 1.29 is 18.3 Å². The average molecular weight is 270 g/mol. The first-order valence-electron chi connectivity index (χ1n) is 5.96. The molecule has 102 valence electrons. The lowest BCUT2D eigenvalue weighted by atomic mass is 10.1. The van der Waals surface area contributed by atoms with Crippen molar-refractivity contribution in [3.05, 3.63) is 29.3 Å². The number of nitrogens with zero attached hydrogens (tertiary/aromatic N) is 2. The number of halogens is 3. The molecule has 1 aliphatic rings. The molecule has 1 aromatic rings. The van der Waals surface area contributed by atoms with Gasteiger partial charge in [0, 0.05) is 12.2 Å². The van der Waals surface area contributed by atoms with Crippen molar-refractivity contribution in [3.63, 3.8) is 0 Å². The van der Waals surface area contributed by atoms with Gasteiger partial charge in [0.05, 0.1) is 29.8 Å².